The summed E-state index contributed by atoms with van der Waals surface area (Å²) in [6.07, 6.45) is 4.44. The molecule has 3 rings (SSSR count). The molecule has 5 N–H and O–H groups in total. The highest BCUT2D eigenvalue weighted by molar-refractivity contribution is 5.97. The minimum absolute atomic E-state index is 0.0335. The molecule has 166 valence electrons. The lowest BCUT2D eigenvalue weighted by Crippen LogP contribution is -2.52. The Morgan fingerprint density at radius 3 is 2.68 bits per heavy atom. The van der Waals surface area contributed by atoms with Gasteiger partial charge in [-0.2, -0.15) is 0 Å². The van der Waals surface area contributed by atoms with E-state index in [-0.39, 0.29) is 30.0 Å². The molecule has 3 atom stereocenters. The second-order valence-corrected chi connectivity index (χ2v) is 8.10. The number of para-hydroxylation sites is 1. The molecule has 1 aromatic heterocycles. The van der Waals surface area contributed by atoms with Crippen LogP contribution in [0.15, 0.2) is 36.4 Å². The number of nitrogens with one attached hydrogen (secondary N) is 2. The minimum atomic E-state index is -0.860. The number of aromatic nitrogens is 1. The van der Waals surface area contributed by atoms with Gasteiger partial charge in [-0.3, -0.25) is 14.4 Å². The van der Waals surface area contributed by atoms with Gasteiger partial charge >= 0.3 is 5.97 Å². The van der Waals surface area contributed by atoms with E-state index < -0.39 is 17.9 Å². The second-order valence-electron chi connectivity index (χ2n) is 8.10. The molecule has 2 amide bonds. The van der Waals surface area contributed by atoms with E-state index in [2.05, 4.69) is 15.6 Å². The molecule has 3 unspecified atom stereocenters. The highest BCUT2D eigenvalue weighted by Crippen LogP contribution is 2.27. The van der Waals surface area contributed by atoms with E-state index in [1.54, 1.807) is 6.07 Å². The lowest BCUT2D eigenvalue weighted by atomic mass is 9.82. The van der Waals surface area contributed by atoms with Crippen molar-refractivity contribution in [3.05, 3.63) is 42.1 Å². The molecule has 0 saturated heterocycles. The van der Waals surface area contributed by atoms with Crippen molar-refractivity contribution >= 4 is 28.7 Å². The predicted molar refractivity (Wildman–Crippen MR) is 117 cm³/mol. The van der Waals surface area contributed by atoms with E-state index in [0.29, 0.717) is 24.9 Å². The van der Waals surface area contributed by atoms with Crippen LogP contribution in [0.5, 0.6) is 0 Å². The van der Waals surface area contributed by atoms with Gasteiger partial charge in [0.15, 0.2) is 0 Å². The maximum atomic E-state index is 13.0. The van der Waals surface area contributed by atoms with E-state index >= 15 is 0 Å². The molecule has 0 aliphatic heterocycles. The fourth-order valence-corrected chi connectivity index (χ4v) is 4.17. The number of carboxylic acids is 1. The lowest BCUT2D eigenvalue weighted by molar-refractivity contribution is -0.139. The van der Waals surface area contributed by atoms with Gasteiger partial charge in [-0.05, 0) is 50.3 Å². The molecule has 0 radical (unpaired) electrons. The van der Waals surface area contributed by atoms with Crippen molar-refractivity contribution < 1.29 is 19.5 Å². The Labute approximate surface area is 181 Å². The highest BCUT2D eigenvalue weighted by Gasteiger charge is 2.31. The molecule has 0 spiro atoms. The topological polar surface area (TPSA) is 134 Å². The van der Waals surface area contributed by atoms with Gasteiger partial charge in [0, 0.05) is 11.4 Å². The molecule has 1 saturated carbocycles. The Hall–Kier alpha value is -3.00. The average molecular weight is 427 g/mol. The SMILES string of the molecule is NCCCC(NC(=O)c1ccc2ccccc2n1)C(=O)NC1CCCCC1CC(=O)O. The smallest absolute Gasteiger partial charge is 0.303 e. The maximum Gasteiger partial charge on any atom is 0.303 e. The number of carbonyl (C=O) groups excluding carboxylic acids is 2. The van der Waals surface area contributed by atoms with E-state index in [9.17, 15) is 19.5 Å². The molecule has 2 aromatic rings. The van der Waals surface area contributed by atoms with Gasteiger partial charge in [0.2, 0.25) is 5.91 Å². The summed E-state index contributed by atoms with van der Waals surface area (Å²) >= 11 is 0. The molecule has 8 nitrogen and oxygen atoms in total. The lowest BCUT2D eigenvalue weighted by Gasteiger charge is -2.32. The van der Waals surface area contributed by atoms with Gasteiger partial charge in [-0.25, -0.2) is 4.98 Å². The number of hydrogen-bond donors (Lipinski definition) is 4. The number of hydrogen-bond acceptors (Lipinski definition) is 5. The van der Waals surface area contributed by atoms with Crippen molar-refractivity contribution in [2.45, 2.75) is 57.0 Å². The number of pyridine rings is 1. The summed E-state index contributed by atoms with van der Waals surface area (Å²) in [7, 11) is 0. The molecule has 8 heteroatoms. The monoisotopic (exact) mass is 426 g/mol. The number of nitrogens with two attached hydrogens (primary N) is 1. The Balaban J connectivity index is 1.69. The highest BCUT2D eigenvalue weighted by atomic mass is 16.4. The van der Waals surface area contributed by atoms with Crippen molar-refractivity contribution in [2.24, 2.45) is 11.7 Å². The van der Waals surface area contributed by atoms with Crippen LogP contribution in [-0.4, -0.2) is 46.5 Å². The summed E-state index contributed by atoms with van der Waals surface area (Å²) in [4.78, 5) is 41.4. The Bertz CT molecular complexity index is 933. The van der Waals surface area contributed by atoms with Gasteiger partial charge < -0.3 is 21.5 Å². The van der Waals surface area contributed by atoms with Crippen LogP contribution in [0.4, 0.5) is 0 Å². The first-order chi connectivity index (χ1) is 15.0. The summed E-state index contributed by atoms with van der Waals surface area (Å²) in [6.45, 7) is 0.402. The van der Waals surface area contributed by atoms with Crippen LogP contribution in [0.3, 0.4) is 0 Å². The van der Waals surface area contributed by atoms with Crippen LogP contribution in [-0.2, 0) is 9.59 Å². The Morgan fingerprint density at radius 1 is 1.13 bits per heavy atom. The van der Waals surface area contributed by atoms with Crippen molar-refractivity contribution in [3.8, 4) is 0 Å². The zero-order valence-electron chi connectivity index (χ0n) is 17.5. The first-order valence-corrected chi connectivity index (χ1v) is 10.9. The van der Waals surface area contributed by atoms with Crippen molar-refractivity contribution in [1.82, 2.24) is 15.6 Å². The largest absolute Gasteiger partial charge is 0.481 e. The zero-order valence-corrected chi connectivity index (χ0v) is 17.5. The van der Waals surface area contributed by atoms with Crippen LogP contribution >= 0.6 is 0 Å². The fraction of sp³-hybridized carbons (Fsp3) is 0.478. The Morgan fingerprint density at radius 2 is 1.90 bits per heavy atom. The van der Waals surface area contributed by atoms with Crippen LogP contribution < -0.4 is 16.4 Å². The summed E-state index contributed by atoms with van der Waals surface area (Å²) in [5.41, 5.74) is 6.57. The first-order valence-electron chi connectivity index (χ1n) is 10.9. The van der Waals surface area contributed by atoms with Crippen LogP contribution in [0, 0.1) is 5.92 Å². The summed E-state index contributed by atoms with van der Waals surface area (Å²) in [6, 6.07) is 10.0. The van der Waals surface area contributed by atoms with Gasteiger partial charge in [0.1, 0.15) is 11.7 Å². The van der Waals surface area contributed by atoms with E-state index in [1.807, 2.05) is 30.3 Å². The predicted octanol–water partition coefficient (Wildman–Crippen LogP) is 2.22. The number of carbonyl (C=O) groups is 3. The average Bonchev–Trinajstić information content (AvgIpc) is 2.77. The van der Waals surface area contributed by atoms with Crippen LogP contribution in [0.2, 0.25) is 0 Å². The van der Waals surface area contributed by atoms with Crippen molar-refractivity contribution in [1.29, 1.82) is 0 Å². The normalized spacial score (nSPS) is 19.5. The van der Waals surface area contributed by atoms with Crippen LogP contribution in [0.25, 0.3) is 10.9 Å². The third kappa shape index (κ3) is 6.24. The van der Waals surface area contributed by atoms with E-state index in [4.69, 9.17) is 5.73 Å². The number of rotatable bonds is 9. The minimum Gasteiger partial charge on any atom is -0.481 e. The molecule has 31 heavy (non-hydrogen) atoms. The van der Waals surface area contributed by atoms with Gasteiger partial charge in [0.05, 0.1) is 11.9 Å². The first kappa shape index (κ1) is 22.7. The number of amides is 2. The van der Waals surface area contributed by atoms with E-state index in [0.717, 1.165) is 31.1 Å². The molecular formula is C23H30N4O4. The Kier molecular flexibility index (Phi) is 7.94. The summed E-state index contributed by atoms with van der Waals surface area (Å²) in [5, 5.41) is 15.9. The molecule has 0 bridgehead atoms. The number of carboxylic acid groups (broad SMARTS) is 1. The maximum absolute atomic E-state index is 13.0. The second kappa shape index (κ2) is 10.9. The zero-order chi connectivity index (χ0) is 22.2. The van der Waals surface area contributed by atoms with E-state index in [1.165, 1.54) is 0 Å². The van der Waals surface area contributed by atoms with Crippen molar-refractivity contribution in [3.63, 3.8) is 0 Å². The molecule has 1 aromatic carbocycles. The summed E-state index contributed by atoms with van der Waals surface area (Å²) in [5.74, 6) is -1.68. The molecule has 1 fully saturated rings. The number of fused-ring (bicyclic) bond motifs is 1. The number of nitrogens with zero attached hydrogens (tertiary/aromatic N) is 1. The molecule has 1 aliphatic carbocycles. The van der Waals surface area contributed by atoms with Gasteiger partial charge in [0.25, 0.3) is 5.91 Å². The van der Waals surface area contributed by atoms with Crippen molar-refractivity contribution in [2.75, 3.05) is 6.54 Å². The van der Waals surface area contributed by atoms with Gasteiger partial charge in [-0.1, -0.05) is 37.1 Å². The fourth-order valence-electron chi connectivity index (χ4n) is 4.17. The molecular weight excluding hydrogens is 396 g/mol. The third-order valence-electron chi connectivity index (χ3n) is 5.82. The molecule has 1 heterocycles. The number of benzene rings is 1. The van der Waals surface area contributed by atoms with Gasteiger partial charge in [-0.15, -0.1) is 0 Å². The molecule has 1 aliphatic rings. The summed E-state index contributed by atoms with van der Waals surface area (Å²) < 4.78 is 0. The number of aliphatic carboxylic acids is 1. The third-order valence-corrected chi connectivity index (χ3v) is 5.82. The quantitative estimate of drug-likeness (QED) is 0.486. The standard InChI is InChI=1S/C23H30N4O4/c24-13-5-10-19(22(30)26-18-9-4-2-7-16(18)14-21(28)29)27-23(31)20-12-11-15-6-1-3-8-17(15)25-20/h1,3,6,8,11-12,16,18-19H,2,4-5,7,9-10,13-14,24H2,(H,26,30)(H,27,31)(H,28,29). The van der Waals surface area contributed by atoms with Crippen LogP contribution in [0.1, 0.15) is 55.4 Å².